The highest BCUT2D eigenvalue weighted by Gasteiger charge is 2.46. The number of imide groups is 1. The van der Waals surface area contributed by atoms with Crippen molar-refractivity contribution in [1.82, 2.24) is 14.9 Å². The smallest absolute Gasteiger partial charge is 0.235 e. The molecule has 2 aromatic carbocycles. The first-order valence-electron chi connectivity index (χ1n) is 9.84. The molecule has 0 radical (unpaired) electrons. The van der Waals surface area contributed by atoms with E-state index in [1.165, 1.54) is 0 Å². The van der Waals surface area contributed by atoms with E-state index in [9.17, 15) is 14.7 Å². The number of carbonyl (C=O) groups is 2. The van der Waals surface area contributed by atoms with Gasteiger partial charge in [0.1, 0.15) is 0 Å². The van der Waals surface area contributed by atoms with Gasteiger partial charge in [0.25, 0.3) is 0 Å². The van der Waals surface area contributed by atoms with Gasteiger partial charge < -0.3 is 14.7 Å². The molecule has 6 nitrogen and oxygen atoms in total. The van der Waals surface area contributed by atoms with Crippen LogP contribution in [0.2, 0.25) is 0 Å². The minimum absolute atomic E-state index is 0.267. The number of aliphatic hydroxyl groups excluding tert-OH is 1. The number of hydrogen-bond donors (Lipinski definition) is 3. The highest BCUT2D eigenvalue weighted by atomic mass is 16.3. The molecule has 3 atom stereocenters. The maximum Gasteiger partial charge on any atom is 0.235 e. The van der Waals surface area contributed by atoms with Crippen molar-refractivity contribution in [1.29, 1.82) is 0 Å². The Kier molecular flexibility index (Phi) is 3.32. The predicted octanol–water partition coefficient (Wildman–Crippen LogP) is 3.08. The third-order valence-corrected chi connectivity index (χ3v) is 6.40. The van der Waals surface area contributed by atoms with Gasteiger partial charge in [-0.25, -0.2) is 0 Å². The number of aromatic nitrogens is 2. The molecular formula is C23H19N3O3. The van der Waals surface area contributed by atoms with Gasteiger partial charge in [0, 0.05) is 40.8 Å². The first kappa shape index (κ1) is 16.6. The molecule has 6 rings (SSSR count). The average molecular weight is 385 g/mol. The van der Waals surface area contributed by atoms with Gasteiger partial charge in [-0.05, 0) is 23.6 Å². The molecule has 2 aliphatic rings. The minimum Gasteiger partial charge on any atom is -0.388 e. The third kappa shape index (κ3) is 2.20. The van der Waals surface area contributed by atoms with Crippen LogP contribution < -0.4 is 5.32 Å². The number of H-pyrrole nitrogens is 1. The molecule has 0 bridgehead atoms. The number of hydrogen-bond acceptors (Lipinski definition) is 3. The van der Waals surface area contributed by atoms with Gasteiger partial charge in [-0.3, -0.25) is 14.9 Å². The van der Waals surface area contributed by atoms with Crippen LogP contribution in [0.1, 0.15) is 41.1 Å². The monoisotopic (exact) mass is 385 g/mol. The van der Waals surface area contributed by atoms with Crippen molar-refractivity contribution in [3.05, 3.63) is 71.5 Å². The standard InChI is InChI=1S/C23H19N3O3/c27-18-8-9-26-11-16(13-5-3-6-14(18)21(13)26)20-19(22(28)25-23(20)29)15-10-24-17-7-2-1-4-12(15)17/h1-7,10-11,18-20,24,27H,8-9H2,(H,25,28,29). The summed E-state index contributed by atoms with van der Waals surface area (Å²) in [5.41, 5.74) is 4.47. The van der Waals surface area contributed by atoms with Crippen molar-refractivity contribution in [2.45, 2.75) is 30.9 Å². The van der Waals surface area contributed by atoms with Gasteiger partial charge in [-0.15, -0.1) is 0 Å². The molecule has 6 heteroatoms. The molecule has 1 fully saturated rings. The normalized spacial score (nSPS) is 23.8. The second kappa shape index (κ2) is 5.81. The molecule has 1 saturated heterocycles. The lowest BCUT2D eigenvalue weighted by Crippen LogP contribution is -2.21. The Bertz CT molecular complexity index is 1320. The molecular weight excluding hydrogens is 366 g/mol. The Hall–Kier alpha value is -3.38. The molecule has 2 amide bonds. The number of rotatable bonds is 2. The number of aliphatic hydroxyl groups is 1. The Morgan fingerprint density at radius 1 is 0.897 bits per heavy atom. The SMILES string of the molecule is O=C1NC(=O)C(c2cn3c4c(cccc24)C(O)CC3)C1c1c[nH]c2ccccc12. The van der Waals surface area contributed by atoms with E-state index in [1.807, 2.05) is 54.9 Å². The summed E-state index contributed by atoms with van der Waals surface area (Å²) in [6.45, 7) is 0.689. The molecule has 4 heterocycles. The van der Waals surface area contributed by atoms with Crippen LogP contribution >= 0.6 is 0 Å². The fraction of sp³-hybridized carbons (Fsp3) is 0.217. The summed E-state index contributed by atoms with van der Waals surface area (Å²) in [6.07, 6.45) is 3.97. The van der Waals surface area contributed by atoms with Crippen LogP contribution in [0.5, 0.6) is 0 Å². The minimum atomic E-state index is -0.601. The van der Waals surface area contributed by atoms with E-state index in [4.69, 9.17) is 0 Å². The first-order valence-corrected chi connectivity index (χ1v) is 9.84. The lowest BCUT2D eigenvalue weighted by molar-refractivity contribution is -0.125. The van der Waals surface area contributed by atoms with Crippen molar-refractivity contribution in [2.75, 3.05) is 0 Å². The van der Waals surface area contributed by atoms with Gasteiger partial charge in [0.15, 0.2) is 0 Å². The number of aryl methyl sites for hydroxylation is 1. The van der Waals surface area contributed by atoms with E-state index < -0.39 is 17.9 Å². The average Bonchev–Trinajstić information content (AvgIpc) is 3.38. The Labute approximate surface area is 166 Å². The topological polar surface area (TPSA) is 87.1 Å². The molecule has 0 spiro atoms. The molecule has 0 aliphatic carbocycles. The number of aromatic amines is 1. The lowest BCUT2D eigenvalue weighted by atomic mass is 9.82. The maximum atomic E-state index is 12.9. The van der Waals surface area contributed by atoms with Crippen molar-refractivity contribution in [2.24, 2.45) is 0 Å². The third-order valence-electron chi connectivity index (χ3n) is 6.40. The summed E-state index contributed by atoms with van der Waals surface area (Å²) >= 11 is 0. The van der Waals surface area contributed by atoms with Gasteiger partial charge in [-0.2, -0.15) is 0 Å². The molecule has 3 unspecified atom stereocenters. The second-order valence-electron chi connectivity index (χ2n) is 7.92. The van der Waals surface area contributed by atoms with E-state index in [1.54, 1.807) is 0 Å². The van der Waals surface area contributed by atoms with E-state index in [0.717, 1.165) is 38.5 Å². The fourth-order valence-corrected chi connectivity index (χ4v) is 5.10. The lowest BCUT2D eigenvalue weighted by Gasteiger charge is -2.20. The summed E-state index contributed by atoms with van der Waals surface area (Å²) in [4.78, 5) is 29.0. The van der Waals surface area contributed by atoms with Crippen molar-refractivity contribution < 1.29 is 14.7 Å². The first-order chi connectivity index (χ1) is 14.1. The summed E-state index contributed by atoms with van der Waals surface area (Å²) in [5, 5.41) is 14.8. The van der Waals surface area contributed by atoms with Crippen LogP contribution in [0, 0.1) is 0 Å². The molecule has 4 aromatic rings. The Morgan fingerprint density at radius 2 is 1.66 bits per heavy atom. The number of nitrogens with one attached hydrogen (secondary N) is 2. The van der Waals surface area contributed by atoms with Crippen LogP contribution in [-0.2, 0) is 16.1 Å². The second-order valence-corrected chi connectivity index (χ2v) is 7.92. The largest absolute Gasteiger partial charge is 0.388 e. The molecule has 144 valence electrons. The number of para-hydroxylation sites is 2. The zero-order chi connectivity index (χ0) is 19.7. The quantitative estimate of drug-likeness (QED) is 0.464. The van der Waals surface area contributed by atoms with Gasteiger partial charge >= 0.3 is 0 Å². The number of fused-ring (bicyclic) bond motifs is 1. The van der Waals surface area contributed by atoms with Crippen LogP contribution in [-0.4, -0.2) is 26.5 Å². The zero-order valence-electron chi connectivity index (χ0n) is 15.6. The summed E-state index contributed by atoms with van der Waals surface area (Å²) < 4.78 is 2.11. The Balaban J connectivity index is 1.58. The van der Waals surface area contributed by atoms with Crippen LogP contribution in [0.25, 0.3) is 21.8 Å². The van der Waals surface area contributed by atoms with Crippen molar-refractivity contribution in [3.8, 4) is 0 Å². The maximum absolute atomic E-state index is 12.9. The zero-order valence-corrected chi connectivity index (χ0v) is 15.6. The van der Waals surface area contributed by atoms with Crippen LogP contribution in [0.15, 0.2) is 54.9 Å². The van der Waals surface area contributed by atoms with E-state index in [2.05, 4.69) is 14.9 Å². The highest BCUT2D eigenvalue weighted by Crippen LogP contribution is 2.45. The molecule has 3 N–H and O–H groups in total. The summed E-state index contributed by atoms with van der Waals surface area (Å²) in [6, 6.07) is 13.6. The number of carbonyl (C=O) groups excluding carboxylic acids is 2. The van der Waals surface area contributed by atoms with E-state index >= 15 is 0 Å². The van der Waals surface area contributed by atoms with Crippen LogP contribution in [0.3, 0.4) is 0 Å². The predicted molar refractivity (Wildman–Crippen MR) is 108 cm³/mol. The fourth-order valence-electron chi connectivity index (χ4n) is 5.10. The summed E-state index contributed by atoms with van der Waals surface area (Å²) in [5.74, 6) is -1.73. The highest BCUT2D eigenvalue weighted by molar-refractivity contribution is 6.13. The molecule has 0 saturated carbocycles. The van der Waals surface area contributed by atoms with Crippen molar-refractivity contribution in [3.63, 3.8) is 0 Å². The number of nitrogens with zero attached hydrogens (tertiary/aromatic N) is 1. The Morgan fingerprint density at radius 3 is 2.52 bits per heavy atom. The van der Waals surface area contributed by atoms with Crippen LogP contribution in [0.4, 0.5) is 0 Å². The van der Waals surface area contributed by atoms with E-state index in [0.29, 0.717) is 13.0 Å². The van der Waals surface area contributed by atoms with Gasteiger partial charge in [0.2, 0.25) is 11.8 Å². The number of benzene rings is 2. The van der Waals surface area contributed by atoms with Gasteiger partial charge in [-0.1, -0.05) is 36.4 Å². The summed E-state index contributed by atoms with van der Waals surface area (Å²) in [7, 11) is 0. The van der Waals surface area contributed by atoms with E-state index in [-0.39, 0.29) is 11.8 Å². The molecule has 29 heavy (non-hydrogen) atoms. The van der Waals surface area contributed by atoms with Crippen molar-refractivity contribution >= 4 is 33.6 Å². The van der Waals surface area contributed by atoms with Gasteiger partial charge in [0.05, 0.1) is 23.5 Å². The number of amides is 2. The molecule has 2 aromatic heterocycles. The molecule has 2 aliphatic heterocycles.